The van der Waals surface area contributed by atoms with Crippen LogP contribution in [0.25, 0.3) is 0 Å². The topological polar surface area (TPSA) is 32.5 Å². The number of hydrogen-bond donors (Lipinski definition) is 1. The molecule has 0 aromatic heterocycles. The first-order valence-corrected chi connectivity index (χ1v) is 6.51. The van der Waals surface area contributed by atoms with Gasteiger partial charge in [0, 0.05) is 20.1 Å². The first kappa shape index (κ1) is 13.1. The monoisotopic (exact) mass is 251 g/mol. The van der Waals surface area contributed by atoms with E-state index in [1.165, 1.54) is 31.6 Å². The van der Waals surface area contributed by atoms with Crippen LogP contribution in [0.2, 0.25) is 0 Å². The number of anilines is 2. The molecule has 4 heteroatoms. The molecule has 100 valence electrons. The molecule has 1 fully saturated rings. The highest BCUT2D eigenvalue weighted by atomic mass is 19.1. The number of nitrogens with zero attached hydrogens (tertiary/aromatic N) is 2. The molecule has 0 bridgehead atoms. The lowest BCUT2D eigenvalue weighted by atomic mass is 10.0. The van der Waals surface area contributed by atoms with E-state index < -0.39 is 0 Å². The van der Waals surface area contributed by atoms with Gasteiger partial charge in [0.2, 0.25) is 0 Å². The molecule has 0 aliphatic carbocycles. The van der Waals surface area contributed by atoms with E-state index in [0.717, 1.165) is 24.6 Å². The predicted molar refractivity (Wildman–Crippen MR) is 74.3 cm³/mol. The minimum Gasteiger partial charge on any atom is -0.397 e. The van der Waals surface area contributed by atoms with Crippen molar-refractivity contribution in [1.82, 2.24) is 4.90 Å². The molecule has 1 heterocycles. The van der Waals surface area contributed by atoms with Gasteiger partial charge in [-0.2, -0.15) is 0 Å². The summed E-state index contributed by atoms with van der Waals surface area (Å²) in [5.41, 5.74) is 7.31. The van der Waals surface area contributed by atoms with Gasteiger partial charge < -0.3 is 15.5 Å². The summed E-state index contributed by atoms with van der Waals surface area (Å²) in [6, 6.07) is 4.54. The van der Waals surface area contributed by atoms with Gasteiger partial charge in [-0.1, -0.05) is 0 Å². The molecule has 0 spiro atoms. The number of halogens is 1. The van der Waals surface area contributed by atoms with Crippen molar-refractivity contribution in [2.75, 3.05) is 44.4 Å². The molecule has 18 heavy (non-hydrogen) atoms. The van der Waals surface area contributed by atoms with Crippen molar-refractivity contribution in [3.8, 4) is 0 Å². The maximum Gasteiger partial charge on any atom is 0.125 e. The predicted octanol–water partition coefficient (Wildman–Crippen LogP) is 2.19. The molecular formula is C14H22FN3. The molecular weight excluding hydrogens is 229 g/mol. The van der Waals surface area contributed by atoms with E-state index in [2.05, 4.69) is 16.8 Å². The molecule has 1 saturated heterocycles. The van der Waals surface area contributed by atoms with Crippen molar-refractivity contribution >= 4 is 11.4 Å². The SMILES string of the molecule is CN1CCC(CCN(C)c2cc(F)ccc2N)C1. The molecule has 1 aliphatic heterocycles. The molecule has 1 aromatic carbocycles. The second-order valence-corrected chi connectivity index (χ2v) is 5.33. The normalized spacial score (nSPS) is 20.3. The summed E-state index contributed by atoms with van der Waals surface area (Å²) in [6.45, 7) is 3.29. The summed E-state index contributed by atoms with van der Waals surface area (Å²) in [4.78, 5) is 4.41. The van der Waals surface area contributed by atoms with Crippen molar-refractivity contribution in [3.63, 3.8) is 0 Å². The number of nitrogen functional groups attached to an aromatic ring is 1. The zero-order chi connectivity index (χ0) is 13.1. The lowest BCUT2D eigenvalue weighted by Crippen LogP contribution is -2.23. The van der Waals surface area contributed by atoms with Crippen LogP contribution in [0, 0.1) is 11.7 Å². The van der Waals surface area contributed by atoms with Crippen LogP contribution in [0.4, 0.5) is 15.8 Å². The fourth-order valence-electron chi connectivity index (χ4n) is 2.61. The number of nitrogens with two attached hydrogens (primary N) is 1. The Hall–Kier alpha value is -1.29. The minimum atomic E-state index is -0.230. The molecule has 1 aliphatic rings. The second kappa shape index (κ2) is 5.57. The van der Waals surface area contributed by atoms with Gasteiger partial charge in [0.25, 0.3) is 0 Å². The first-order valence-electron chi connectivity index (χ1n) is 6.51. The van der Waals surface area contributed by atoms with Gasteiger partial charge in [-0.25, -0.2) is 4.39 Å². The maximum atomic E-state index is 13.2. The van der Waals surface area contributed by atoms with Gasteiger partial charge in [-0.15, -0.1) is 0 Å². The molecule has 2 rings (SSSR count). The molecule has 2 N–H and O–H groups in total. The Balaban J connectivity index is 1.91. The Morgan fingerprint density at radius 3 is 2.94 bits per heavy atom. The Morgan fingerprint density at radius 1 is 1.50 bits per heavy atom. The van der Waals surface area contributed by atoms with Crippen molar-refractivity contribution < 1.29 is 4.39 Å². The van der Waals surface area contributed by atoms with Crippen LogP contribution in [0.5, 0.6) is 0 Å². The van der Waals surface area contributed by atoms with Crippen LogP contribution in [-0.4, -0.2) is 38.6 Å². The van der Waals surface area contributed by atoms with Crippen LogP contribution >= 0.6 is 0 Å². The zero-order valence-electron chi connectivity index (χ0n) is 11.2. The fourth-order valence-corrected chi connectivity index (χ4v) is 2.61. The zero-order valence-corrected chi connectivity index (χ0v) is 11.2. The van der Waals surface area contributed by atoms with Gasteiger partial charge in [0.1, 0.15) is 5.82 Å². The van der Waals surface area contributed by atoms with Crippen molar-refractivity contribution in [2.45, 2.75) is 12.8 Å². The molecule has 0 saturated carbocycles. The number of benzene rings is 1. The van der Waals surface area contributed by atoms with E-state index in [9.17, 15) is 4.39 Å². The van der Waals surface area contributed by atoms with E-state index in [0.29, 0.717) is 5.69 Å². The van der Waals surface area contributed by atoms with Crippen molar-refractivity contribution in [1.29, 1.82) is 0 Å². The Labute approximate surface area is 108 Å². The van der Waals surface area contributed by atoms with E-state index in [4.69, 9.17) is 5.73 Å². The third-order valence-electron chi connectivity index (χ3n) is 3.77. The van der Waals surface area contributed by atoms with Crippen molar-refractivity contribution in [3.05, 3.63) is 24.0 Å². The quantitative estimate of drug-likeness (QED) is 0.833. The highest BCUT2D eigenvalue weighted by Gasteiger charge is 2.19. The van der Waals surface area contributed by atoms with Gasteiger partial charge in [-0.3, -0.25) is 0 Å². The minimum absolute atomic E-state index is 0.230. The van der Waals surface area contributed by atoms with Gasteiger partial charge >= 0.3 is 0 Å². The third kappa shape index (κ3) is 3.13. The summed E-state index contributed by atoms with van der Waals surface area (Å²) in [7, 11) is 4.14. The summed E-state index contributed by atoms with van der Waals surface area (Å²) >= 11 is 0. The molecule has 0 radical (unpaired) electrons. The van der Waals surface area contributed by atoms with Crippen LogP contribution in [-0.2, 0) is 0 Å². The van der Waals surface area contributed by atoms with Gasteiger partial charge in [-0.05, 0) is 50.6 Å². The van der Waals surface area contributed by atoms with Gasteiger partial charge in [0.15, 0.2) is 0 Å². The Bertz CT molecular complexity index is 408. The summed E-state index contributed by atoms with van der Waals surface area (Å²) < 4.78 is 13.2. The molecule has 0 amide bonds. The van der Waals surface area contributed by atoms with E-state index in [-0.39, 0.29) is 5.82 Å². The summed E-state index contributed by atoms with van der Waals surface area (Å²) in [5.74, 6) is 0.527. The van der Waals surface area contributed by atoms with Crippen LogP contribution in [0.3, 0.4) is 0 Å². The third-order valence-corrected chi connectivity index (χ3v) is 3.77. The largest absolute Gasteiger partial charge is 0.397 e. The molecule has 1 aromatic rings. The Kier molecular flexibility index (Phi) is 4.07. The van der Waals surface area contributed by atoms with Crippen LogP contribution < -0.4 is 10.6 Å². The lowest BCUT2D eigenvalue weighted by molar-refractivity contribution is 0.389. The van der Waals surface area contributed by atoms with Gasteiger partial charge in [0.05, 0.1) is 11.4 Å². The van der Waals surface area contributed by atoms with Crippen LogP contribution in [0.1, 0.15) is 12.8 Å². The molecule has 1 unspecified atom stereocenters. The number of rotatable bonds is 4. The smallest absolute Gasteiger partial charge is 0.125 e. The summed E-state index contributed by atoms with van der Waals surface area (Å²) in [6.07, 6.45) is 2.40. The summed E-state index contributed by atoms with van der Waals surface area (Å²) in [5, 5.41) is 0. The number of likely N-dealkylation sites (tertiary alicyclic amines) is 1. The standard InChI is InChI=1S/C14H22FN3/c1-17-7-5-11(10-17)6-8-18(2)14-9-12(15)3-4-13(14)16/h3-4,9,11H,5-8,10,16H2,1-2H3. The average molecular weight is 251 g/mol. The Morgan fingerprint density at radius 2 is 2.28 bits per heavy atom. The first-order chi connectivity index (χ1) is 8.56. The lowest BCUT2D eigenvalue weighted by Gasteiger charge is -2.22. The average Bonchev–Trinajstić information content (AvgIpc) is 2.75. The molecule has 3 nitrogen and oxygen atoms in total. The van der Waals surface area contributed by atoms with E-state index >= 15 is 0 Å². The van der Waals surface area contributed by atoms with E-state index in [1.54, 1.807) is 6.07 Å². The second-order valence-electron chi connectivity index (χ2n) is 5.33. The highest BCUT2D eigenvalue weighted by Crippen LogP contribution is 2.25. The van der Waals surface area contributed by atoms with Crippen LogP contribution in [0.15, 0.2) is 18.2 Å². The van der Waals surface area contributed by atoms with Crippen molar-refractivity contribution in [2.24, 2.45) is 5.92 Å². The molecule has 1 atom stereocenters. The number of hydrogen-bond acceptors (Lipinski definition) is 3. The van der Waals surface area contributed by atoms with E-state index in [1.807, 2.05) is 7.05 Å². The highest BCUT2D eigenvalue weighted by molar-refractivity contribution is 5.67. The fraction of sp³-hybridized carbons (Fsp3) is 0.571. The maximum absolute atomic E-state index is 13.2.